The van der Waals surface area contributed by atoms with Gasteiger partial charge in [-0.2, -0.15) is 13.2 Å². The highest BCUT2D eigenvalue weighted by Gasteiger charge is 2.22. The first kappa shape index (κ1) is 12.2. The summed E-state index contributed by atoms with van der Waals surface area (Å²) >= 11 is 0. The Morgan fingerprint density at radius 1 is 1.30 bits per heavy atom. The summed E-state index contributed by atoms with van der Waals surface area (Å²) in [5.41, 5.74) is 0. The van der Waals surface area contributed by atoms with E-state index in [9.17, 15) is 18.0 Å². The van der Waals surface area contributed by atoms with Gasteiger partial charge in [0.2, 0.25) is 0 Å². The molecule has 0 unspecified atom stereocenters. The Balaban J connectivity index is 0. The predicted octanol–water partition coefficient (Wildman–Crippen LogP) is 2.55. The molecule has 0 saturated carbocycles. The van der Waals surface area contributed by atoms with Crippen molar-refractivity contribution < 1.29 is 18.0 Å². The van der Waals surface area contributed by atoms with Crippen molar-refractivity contribution in [3.05, 3.63) is 0 Å². The minimum atomic E-state index is -3.96. The first-order valence-electron chi connectivity index (χ1n) is 2.83. The lowest BCUT2D eigenvalue weighted by atomic mass is 10.5. The van der Waals surface area contributed by atoms with E-state index in [-0.39, 0.29) is 5.78 Å². The van der Waals surface area contributed by atoms with Crippen molar-refractivity contribution in [1.29, 1.82) is 0 Å². The summed E-state index contributed by atoms with van der Waals surface area (Å²) in [7, 11) is 0. The van der Waals surface area contributed by atoms with Gasteiger partial charge in [-0.15, -0.1) is 0 Å². The standard InChI is InChI=1S/C3H5F3.C3H6O/c1-2-3(4,5)6;1-3(2)4/h2H2,1H3;1-2H3. The van der Waals surface area contributed by atoms with E-state index < -0.39 is 12.6 Å². The van der Waals surface area contributed by atoms with Crippen molar-refractivity contribution in [2.24, 2.45) is 0 Å². The molecule has 0 aromatic carbocycles. The number of halogens is 3. The summed E-state index contributed by atoms with van der Waals surface area (Å²) < 4.78 is 32.4. The number of carbonyl (C=O) groups excluding carboxylic acids is 1. The Kier molecular flexibility index (Phi) is 6.40. The van der Waals surface area contributed by atoms with Crippen LogP contribution in [0.15, 0.2) is 0 Å². The van der Waals surface area contributed by atoms with E-state index in [0.717, 1.165) is 6.92 Å². The van der Waals surface area contributed by atoms with Gasteiger partial charge in [-0.3, -0.25) is 0 Å². The van der Waals surface area contributed by atoms with Gasteiger partial charge in [0.1, 0.15) is 5.78 Å². The van der Waals surface area contributed by atoms with Crippen LogP contribution < -0.4 is 0 Å². The van der Waals surface area contributed by atoms with E-state index in [4.69, 9.17) is 0 Å². The van der Waals surface area contributed by atoms with Crippen molar-refractivity contribution in [3.8, 4) is 0 Å². The lowest BCUT2D eigenvalue weighted by Crippen LogP contribution is -2.02. The molecule has 0 aromatic rings. The van der Waals surface area contributed by atoms with E-state index >= 15 is 0 Å². The normalized spacial score (nSPS) is 9.80. The maximum absolute atomic E-state index is 10.8. The Morgan fingerprint density at radius 3 is 1.40 bits per heavy atom. The third-order valence-corrected chi connectivity index (χ3v) is 0.401. The topological polar surface area (TPSA) is 17.1 Å². The Bertz CT molecular complexity index is 91.7. The molecule has 62 valence electrons. The zero-order valence-electron chi connectivity index (χ0n) is 6.25. The van der Waals surface area contributed by atoms with E-state index in [2.05, 4.69) is 0 Å². The SMILES string of the molecule is CC(C)=O.CCC(F)(F)F. The number of hydrogen-bond donors (Lipinski definition) is 0. The van der Waals surface area contributed by atoms with Crippen LogP contribution in [0.5, 0.6) is 0 Å². The fourth-order valence-electron chi connectivity index (χ4n) is 0. The van der Waals surface area contributed by atoms with Crippen LogP contribution in [0.2, 0.25) is 0 Å². The molecule has 4 heteroatoms. The number of ketones is 1. The third kappa shape index (κ3) is 51.4. The Morgan fingerprint density at radius 2 is 1.40 bits per heavy atom. The van der Waals surface area contributed by atoms with Crippen molar-refractivity contribution in [3.63, 3.8) is 0 Å². The van der Waals surface area contributed by atoms with Gasteiger partial charge in [0.15, 0.2) is 0 Å². The Labute approximate surface area is 58.2 Å². The molecule has 0 radical (unpaired) electrons. The summed E-state index contributed by atoms with van der Waals surface area (Å²) in [6.07, 6.45) is -4.69. The second-order valence-corrected chi connectivity index (χ2v) is 1.88. The number of Topliss-reactive ketones (excluding diaryl/α,β-unsaturated/α-hetero) is 1. The fourth-order valence-corrected chi connectivity index (χ4v) is 0. The van der Waals surface area contributed by atoms with Crippen molar-refractivity contribution in [1.82, 2.24) is 0 Å². The van der Waals surface area contributed by atoms with Crippen molar-refractivity contribution >= 4 is 5.78 Å². The van der Waals surface area contributed by atoms with Crippen LogP contribution in [0.3, 0.4) is 0 Å². The second kappa shape index (κ2) is 5.26. The molecular weight excluding hydrogens is 145 g/mol. The highest BCUT2D eigenvalue weighted by Crippen LogP contribution is 2.17. The van der Waals surface area contributed by atoms with Gasteiger partial charge in [0.05, 0.1) is 0 Å². The molecule has 0 aliphatic carbocycles. The molecule has 0 aliphatic rings. The molecule has 0 atom stereocenters. The number of hydrogen-bond acceptors (Lipinski definition) is 1. The van der Waals surface area contributed by atoms with E-state index in [1.54, 1.807) is 0 Å². The number of carbonyl (C=O) groups is 1. The zero-order chi connectivity index (χ0) is 8.78. The molecule has 0 bridgehead atoms. The molecule has 0 aromatic heterocycles. The van der Waals surface area contributed by atoms with Gasteiger partial charge in [-0.25, -0.2) is 0 Å². The maximum atomic E-state index is 10.8. The third-order valence-electron chi connectivity index (χ3n) is 0.401. The van der Waals surface area contributed by atoms with Gasteiger partial charge in [-0.05, 0) is 13.8 Å². The van der Waals surface area contributed by atoms with Crippen LogP contribution in [-0.4, -0.2) is 12.0 Å². The summed E-state index contributed by atoms with van der Waals surface area (Å²) in [5.74, 6) is 0.167. The highest BCUT2D eigenvalue weighted by atomic mass is 19.4. The first-order chi connectivity index (χ1) is 4.29. The van der Waals surface area contributed by atoms with Crippen LogP contribution in [0, 0.1) is 0 Å². The smallest absolute Gasteiger partial charge is 0.300 e. The molecule has 0 saturated heterocycles. The van der Waals surface area contributed by atoms with Gasteiger partial charge < -0.3 is 4.79 Å². The van der Waals surface area contributed by atoms with Crippen molar-refractivity contribution in [2.45, 2.75) is 33.4 Å². The highest BCUT2D eigenvalue weighted by molar-refractivity contribution is 5.72. The van der Waals surface area contributed by atoms with Crippen LogP contribution in [0.1, 0.15) is 27.2 Å². The molecule has 0 fully saturated rings. The van der Waals surface area contributed by atoms with Gasteiger partial charge in [0.25, 0.3) is 0 Å². The van der Waals surface area contributed by atoms with Gasteiger partial charge in [-0.1, -0.05) is 6.92 Å². The predicted molar refractivity (Wildman–Crippen MR) is 32.7 cm³/mol. The van der Waals surface area contributed by atoms with E-state index in [1.807, 2.05) is 0 Å². The van der Waals surface area contributed by atoms with Gasteiger partial charge in [0, 0.05) is 6.42 Å². The molecule has 0 aliphatic heterocycles. The lowest BCUT2D eigenvalue weighted by Gasteiger charge is -1.96. The minimum absolute atomic E-state index is 0.167. The average Bonchev–Trinajstić information content (AvgIpc) is 1.63. The lowest BCUT2D eigenvalue weighted by molar-refractivity contribution is -0.130. The van der Waals surface area contributed by atoms with Crippen molar-refractivity contribution in [2.75, 3.05) is 0 Å². The summed E-state index contributed by atoms with van der Waals surface area (Å²) in [5, 5.41) is 0. The van der Waals surface area contributed by atoms with Gasteiger partial charge >= 0.3 is 6.18 Å². The van der Waals surface area contributed by atoms with E-state index in [1.165, 1.54) is 13.8 Å². The number of rotatable bonds is 0. The van der Waals surface area contributed by atoms with Crippen LogP contribution in [0.4, 0.5) is 13.2 Å². The zero-order valence-corrected chi connectivity index (χ0v) is 6.25. The summed E-state index contributed by atoms with van der Waals surface area (Å²) in [6, 6.07) is 0. The van der Waals surface area contributed by atoms with Crippen LogP contribution in [-0.2, 0) is 4.79 Å². The summed E-state index contributed by atoms with van der Waals surface area (Å²) in [4.78, 5) is 9.44. The van der Waals surface area contributed by atoms with Crippen LogP contribution in [0.25, 0.3) is 0 Å². The molecule has 0 N–H and O–H groups in total. The monoisotopic (exact) mass is 156 g/mol. The van der Waals surface area contributed by atoms with Crippen LogP contribution >= 0.6 is 0 Å². The molecule has 0 spiro atoms. The fraction of sp³-hybridized carbons (Fsp3) is 0.833. The maximum Gasteiger partial charge on any atom is 0.388 e. The molecule has 10 heavy (non-hydrogen) atoms. The Hall–Kier alpha value is -0.540. The summed E-state index contributed by atoms with van der Waals surface area (Å²) in [6.45, 7) is 4.14. The molecule has 0 amide bonds. The molecular formula is C6H11F3O. The average molecular weight is 156 g/mol. The largest absolute Gasteiger partial charge is 0.388 e. The molecule has 1 nitrogen and oxygen atoms in total. The quantitative estimate of drug-likeness (QED) is 0.526. The first-order valence-corrected chi connectivity index (χ1v) is 2.83. The molecule has 0 heterocycles. The minimum Gasteiger partial charge on any atom is -0.300 e. The molecule has 0 rings (SSSR count). The second-order valence-electron chi connectivity index (χ2n) is 1.88. The number of alkyl halides is 3. The van der Waals surface area contributed by atoms with E-state index in [0.29, 0.717) is 0 Å².